The molecule has 2 N–H and O–H groups in total. The third-order valence-corrected chi connectivity index (χ3v) is 6.10. The first-order valence-corrected chi connectivity index (χ1v) is 9.42. The molecule has 1 saturated heterocycles. The molecule has 3 nitrogen and oxygen atoms in total. The average Bonchev–Trinajstić information content (AvgIpc) is 2.75. The summed E-state index contributed by atoms with van der Waals surface area (Å²) in [6, 6.07) is 0.356. The molecule has 116 valence electrons. The maximum absolute atomic E-state index is 12.1. The third-order valence-electron chi connectivity index (χ3n) is 4.73. The van der Waals surface area contributed by atoms with E-state index in [4.69, 9.17) is 0 Å². The van der Waals surface area contributed by atoms with Gasteiger partial charge in [-0.1, -0.05) is 25.7 Å². The molecule has 1 saturated carbocycles. The zero-order valence-corrected chi connectivity index (χ0v) is 13.6. The van der Waals surface area contributed by atoms with Gasteiger partial charge < -0.3 is 10.6 Å². The molecular formula is C16H30N2OS. The Morgan fingerprint density at radius 2 is 1.80 bits per heavy atom. The lowest BCUT2D eigenvalue weighted by Crippen LogP contribution is -2.39. The minimum absolute atomic E-state index is 0.241. The molecule has 0 aromatic heterocycles. The summed E-state index contributed by atoms with van der Waals surface area (Å²) in [5.41, 5.74) is 0. The summed E-state index contributed by atoms with van der Waals surface area (Å²) in [5, 5.41) is 7.29. The van der Waals surface area contributed by atoms with Crippen LogP contribution in [0.5, 0.6) is 0 Å². The van der Waals surface area contributed by atoms with Gasteiger partial charge in [0, 0.05) is 11.3 Å². The summed E-state index contributed by atoms with van der Waals surface area (Å²) in [6.45, 7) is 4.42. The summed E-state index contributed by atoms with van der Waals surface area (Å²) in [7, 11) is 0. The van der Waals surface area contributed by atoms with Crippen LogP contribution in [0.1, 0.15) is 58.3 Å². The van der Waals surface area contributed by atoms with Crippen molar-refractivity contribution >= 4 is 17.7 Å². The molecule has 1 amide bonds. The zero-order valence-electron chi connectivity index (χ0n) is 12.8. The van der Waals surface area contributed by atoms with Crippen LogP contribution in [0.15, 0.2) is 0 Å². The topological polar surface area (TPSA) is 41.1 Å². The Balaban J connectivity index is 1.64. The number of rotatable bonds is 5. The van der Waals surface area contributed by atoms with Crippen LogP contribution in [-0.2, 0) is 4.79 Å². The van der Waals surface area contributed by atoms with Crippen molar-refractivity contribution in [2.75, 3.05) is 18.8 Å². The molecule has 2 aliphatic rings. The van der Waals surface area contributed by atoms with Crippen LogP contribution in [0.3, 0.4) is 0 Å². The largest absolute Gasteiger partial charge is 0.353 e. The summed E-state index contributed by atoms with van der Waals surface area (Å²) < 4.78 is 0. The Morgan fingerprint density at radius 1 is 1.15 bits per heavy atom. The van der Waals surface area contributed by atoms with Gasteiger partial charge in [-0.05, 0) is 51.6 Å². The molecule has 1 aliphatic carbocycles. The van der Waals surface area contributed by atoms with Gasteiger partial charge in [0.2, 0.25) is 5.91 Å². The van der Waals surface area contributed by atoms with E-state index in [0.717, 1.165) is 13.1 Å². The van der Waals surface area contributed by atoms with Crippen molar-refractivity contribution in [3.05, 3.63) is 0 Å². The van der Waals surface area contributed by atoms with Gasteiger partial charge in [0.25, 0.3) is 0 Å². The summed E-state index contributed by atoms with van der Waals surface area (Å²) in [6.07, 6.45) is 10.4. The molecule has 0 aromatic carbocycles. The number of hydrogen-bond acceptors (Lipinski definition) is 3. The van der Waals surface area contributed by atoms with E-state index in [1.165, 1.54) is 51.4 Å². The fourth-order valence-corrected chi connectivity index (χ4v) is 4.42. The van der Waals surface area contributed by atoms with Crippen molar-refractivity contribution in [1.82, 2.24) is 10.6 Å². The second-order valence-electron chi connectivity index (χ2n) is 6.37. The Morgan fingerprint density at radius 3 is 2.45 bits per heavy atom. The van der Waals surface area contributed by atoms with E-state index in [1.807, 2.05) is 11.8 Å². The molecule has 0 aromatic rings. The lowest BCUT2D eigenvalue weighted by atomic mass is 9.93. The van der Waals surface area contributed by atoms with Gasteiger partial charge in [-0.25, -0.2) is 0 Å². The zero-order chi connectivity index (χ0) is 14.2. The maximum Gasteiger partial charge on any atom is 0.230 e. The van der Waals surface area contributed by atoms with E-state index in [9.17, 15) is 4.79 Å². The normalized spacial score (nSPS) is 24.1. The second-order valence-corrected chi connectivity index (χ2v) is 7.66. The van der Waals surface area contributed by atoms with E-state index in [2.05, 4.69) is 17.6 Å². The van der Waals surface area contributed by atoms with Gasteiger partial charge >= 0.3 is 0 Å². The predicted molar refractivity (Wildman–Crippen MR) is 87.1 cm³/mol. The first-order valence-electron chi connectivity index (χ1n) is 8.37. The molecule has 4 heteroatoms. The van der Waals surface area contributed by atoms with Crippen LogP contribution in [0.2, 0.25) is 0 Å². The van der Waals surface area contributed by atoms with Gasteiger partial charge in [-0.3, -0.25) is 4.79 Å². The van der Waals surface area contributed by atoms with Crippen molar-refractivity contribution in [2.45, 2.75) is 69.6 Å². The minimum Gasteiger partial charge on any atom is -0.353 e. The molecule has 1 heterocycles. The Kier molecular flexibility index (Phi) is 7.22. The minimum atomic E-state index is 0.241. The van der Waals surface area contributed by atoms with Gasteiger partial charge in [0.1, 0.15) is 0 Å². The van der Waals surface area contributed by atoms with E-state index in [1.54, 1.807) is 0 Å². The number of nitrogens with one attached hydrogen (secondary N) is 2. The van der Waals surface area contributed by atoms with Gasteiger partial charge in [-0.2, -0.15) is 0 Å². The molecule has 1 aliphatic heterocycles. The third kappa shape index (κ3) is 5.65. The smallest absolute Gasteiger partial charge is 0.230 e. The van der Waals surface area contributed by atoms with Crippen molar-refractivity contribution in [2.24, 2.45) is 5.92 Å². The number of thioether (sulfide) groups is 1. The summed E-state index contributed by atoms with van der Waals surface area (Å²) in [4.78, 5) is 12.1. The highest BCUT2D eigenvalue weighted by Gasteiger charge is 2.21. The van der Waals surface area contributed by atoms with Crippen LogP contribution in [0.25, 0.3) is 0 Å². The van der Waals surface area contributed by atoms with Gasteiger partial charge in [0.15, 0.2) is 0 Å². The number of carbonyl (C=O) groups excluding carboxylic acids is 1. The Labute approximate surface area is 128 Å². The van der Waals surface area contributed by atoms with Crippen molar-refractivity contribution in [3.8, 4) is 0 Å². The van der Waals surface area contributed by atoms with Crippen molar-refractivity contribution < 1.29 is 4.79 Å². The molecule has 0 radical (unpaired) electrons. The quantitative estimate of drug-likeness (QED) is 0.767. The van der Waals surface area contributed by atoms with Crippen LogP contribution in [0, 0.1) is 5.92 Å². The number of amides is 1. The molecule has 0 unspecified atom stereocenters. The summed E-state index contributed by atoms with van der Waals surface area (Å²) in [5.74, 6) is 1.58. The average molecular weight is 298 g/mol. The number of hydrogen-bond donors (Lipinski definition) is 2. The van der Waals surface area contributed by atoms with E-state index in [-0.39, 0.29) is 5.91 Å². The fraction of sp³-hybridized carbons (Fsp3) is 0.938. The molecule has 0 spiro atoms. The first kappa shape index (κ1) is 16.2. The van der Waals surface area contributed by atoms with Gasteiger partial charge in [0.05, 0.1) is 5.75 Å². The van der Waals surface area contributed by atoms with E-state index >= 15 is 0 Å². The molecule has 2 rings (SSSR count). The van der Waals surface area contributed by atoms with Crippen LogP contribution in [-0.4, -0.2) is 36.0 Å². The summed E-state index contributed by atoms with van der Waals surface area (Å²) >= 11 is 1.85. The second kappa shape index (κ2) is 8.93. The first-order chi connectivity index (χ1) is 9.75. The van der Waals surface area contributed by atoms with Crippen molar-refractivity contribution in [1.29, 1.82) is 0 Å². The van der Waals surface area contributed by atoms with E-state index in [0.29, 0.717) is 23.0 Å². The van der Waals surface area contributed by atoms with Gasteiger partial charge in [-0.15, -0.1) is 11.8 Å². The van der Waals surface area contributed by atoms with Crippen LogP contribution < -0.4 is 10.6 Å². The monoisotopic (exact) mass is 298 g/mol. The van der Waals surface area contributed by atoms with E-state index < -0.39 is 0 Å². The maximum atomic E-state index is 12.1. The molecule has 0 bridgehead atoms. The predicted octanol–water partition coefficient (Wildman–Crippen LogP) is 2.95. The van der Waals surface area contributed by atoms with Crippen molar-refractivity contribution in [3.63, 3.8) is 0 Å². The molecule has 2 fully saturated rings. The SMILES string of the molecule is C[C@H](NC(=O)CSC1CCNCC1)C1CCCCCC1. The Hall–Kier alpha value is -0.220. The lowest BCUT2D eigenvalue weighted by molar-refractivity contribution is -0.119. The molecule has 1 atom stereocenters. The standard InChI is InChI=1S/C16H30N2OS/c1-13(14-6-4-2-3-5-7-14)18-16(19)12-20-15-8-10-17-11-9-15/h13-15,17H,2-12H2,1H3,(H,18,19)/t13-/m0/s1. The highest BCUT2D eigenvalue weighted by molar-refractivity contribution is 8.00. The fourth-order valence-electron chi connectivity index (χ4n) is 3.38. The number of piperidine rings is 1. The Bertz CT molecular complexity index is 284. The highest BCUT2D eigenvalue weighted by atomic mass is 32.2. The molecule has 20 heavy (non-hydrogen) atoms. The molecular weight excluding hydrogens is 268 g/mol. The van der Waals surface area contributed by atoms with Crippen LogP contribution in [0.4, 0.5) is 0 Å². The van der Waals surface area contributed by atoms with Crippen LogP contribution >= 0.6 is 11.8 Å². The highest BCUT2D eigenvalue weighted by Crippen LogP contribution is 2.25. The number of carbonyl (C=O) groups is 1. The lowest BCUT2D eigenvalue weighted by Gasteiger charge is -2.25.